The molecule has 1 aromatic rings. The third-order valence-electron chi connectivity index (χ3n) is 2.23. The molecule has 0 aromatic heterocycles. The van der Waals surface area contributed by atoms with Crippen molar-refractivity contribution in [3.63, 3.8) is 0 Å². The number of hydrogen-bond acceptors (Lipinski definition) is 3. The fraction of sp³-hybridized carbons (Fsp3) is 0.417. The van der Waals surface area contributed by atoms with Gasteiger partial charge in [0.2, 0.25) is 0 Å². The second kappa shape index (κ2) is 6.19. The molecule has 0 aliphatic rings. The average Bonchev–Trinajstić information content (AvgIpc) is 2.25. The van der Waals surface area contributed by atoms with Gasteiger partial charge in [-0.3, -0.25) is 0 Å². The van der Waals surface area contributed by atoms with Crippen molar-refractivity contribution >= 4 is 6.29 Å². The summed E-state index contributed by atoms with van der Waals surface area (Å²) >= 11 is 0. The van der Waals surface area contributed by atoms with E-state index in [4.69, 9.17) is 4.74 Å². The van der Waals surface area contributed by atoms with Crippen LogP contribution in [0.1, 0.15) is 11.1 Å². The highest BCUT2D eigenvalue weighted by molar-refractivity contribution is 5.51. The van der Waals surface area contributed by atoms with Gasteiger partial charge < -0.3 is 14.8 Å². The maximum absolute atomic E-state index is 10.1. The molecule has 0 unspecified atom stereocenters. The molecule has 0 spiro atoms. The lowest BCUT2D eigenvalue weighted by Crippen LogP contribution is -2.19. The molecular formula is C12H17NO2. The van der Waals surface area contributed by atoms with Crippen molar-refractivity contribution in [2.45, 2.75) is 13.3 Å². The van der Waals surface area contributed by atoms with E-state index >= 15 is 0 Å². The Hall–Kier alpha value is -1.35. The van der Waals surface area contributed by atoms with E-state index in [-0.39, 0.29) is 0 Å². The molecule has 1 N–H and O–H groups in total. The van der Waals surface area contributed by atoms with Crippen molar-refractivity contribution in [1.82, 2.24) is 5.32 Å². The largest absolute Gasteiger partial charge is 0.496 e. The summed E-state index contributed by atoms with van der Waals surface area (Å²) in [5.74, 6) is 0.911. The van der Waals surface area contributed by atoms with Gasteiger partial charge in [0.25, 0.3) is 0 Å². The van der Waals surface area contributed by atoms with E-state index in [1.54, 1.807) is 7.11 Å². The quantitative estimate of drug-likeness (QED) is 0.565. The van der Waals surface area contributed by atoms with Gasteiger partial charge in [-0.15, -0.1) is 0 Å². The third-order valence-corrected chi connectivity index (χ3v) is 2.23. The Bertz CT molecular complexity index is 323. The van der Waals surface area contributed by atoms with E-state index in [2.05, 4.69) is 18.3 Å². The number of carbonyl (C=O) groups is 1. The van der Waals surface area contributed by atoms with Crippen molar-refractivity contribution in [3.05, 3.63) is 29.3 Å². The van der Waals surface area contributed by atoms with Gasteiger partial charge in [-0.05, 0) is 31.5 Å². The maximum Gasteiger partial charge on any atom is 0.133 e. The lowest BCUT2D eigenvalue weighted by Gasteiger charge is -2.09. The van der Waals surface area contributed by atoms with E-state index < -0.39 is 0 Å². The number of nitrogens with one attached hydrogen (secondary N) is 1. The molecule has 0 saturated heterocycles. The normalized spacial score (nSPS) is 10.0. The van der Waals surface area contributed by atoms with Crippen molar-refractivity contribution in [1.29, 1.82) is 0 Å². The fourth-order valence-corrected chi connectivity index (χ4v) is 1.49. The summed E-state index contributed by atoms with van der Waals surface area (Å²) in [5, 5.41) is 3.03. The van der Waals surface area contributed by atoms with Crippen LogP contribution in [0, 0.1) is 6.92 Å². The van der Waals surface area contributed by atoms with E-state index in [9.17, 15) is 4.79 Å². The first-order valence-corrected chi connectivity index (χ1v) is 5.06. The third kappa shape index (κ3) is 3.72. The number of ether oxygens (including phenoxy) is 1. The predicted octanol–water partition coefficient (Wildman–Crippen LogP) is 1.33. The van der Waals surface area contributed by atoms with Crippen LogP contribution in [0.25, 0.3) is 0 Å². The zero-order valence-electron chi connectivity index (χ0n) is 9.25. The molecule has 15 heavy (non-hydrogen) atoms. The fourth-order valence-electron chi connectivity index (χ4n) is 1.49. The standard InChI is InChI=1S/C12H17NO2/c1-10-3-4-12(15-2)11(9-10)5-6-13-7-8-14/h3-4,8-9,13H,5-7H2,1-2H3. The highest BCUT2D eigenvalue weighted by Gasteiger charge is 2.02. The van der Waals surface area contributed by atoms with Gasteiger partial charge in [-0.25, -0.2) is 0 Å². The second-order valence-electron chi connectivity index (χ2n) is 3.44. The van der Waals surface area contributed by atoms with Crippen molar-refractivity contribution in [2.75, 3.05) is 20.2 Å². The Morgan fingerprint density at radius 2 is 2.27 bits per heavy atom. The van der Waals surface area contributed by atoms with Gasteiger partial charge in [0.05, 0.1) is 13.7 Å². The van der Waals surface area contributed by atoms with Crippen LogP contribution in [0.4, 0.5) is 0 Å². The van der Waals surface area contributed by atoms with Crippen LogP contribution in [0.2, 0.25) is 0 Å². The number of hydrogen-bond donors (Lipinski definition) is 1. The molecule has 3 heteroatoms. The molecule has 0 radical (unpaired) electrons. The first kappa shape index (κ1) is 11.7. The lowest BCUT2D eigenvalue weighted by atomic mass is 10.1. The minimum absolute atomic E-state index is 0.411. The highest BCUT2D eigenvalue weighted by Crippen LogP contribution is 2.19. The van der Waals surface area contributed by atoms with Gasteiger partial charge in [-0.2, -0.15) is 0 Å². The smallest absolute Gasteiger partial charge is 0.133 e. The van der Waals surface area contributed by atoms with E-state index in [0.29, 0.717) is 6.54 Å². The molecule has 0 aliphatic carbocycles. The maximum atomic E-state index is 10.1. The molecule has 0 heterocycles. The summed E-state index contributed by atoms with van der Waals surface area (Å²) in [7, 11) is 1.67. The number of aryl methyl sites for hydroxylation is 1. The highest BCUT2D eigenvalue weighted by atomic mass is 16.5. The first-order valence-electron chi connectivity index (χ1n) is 5.06. The SMILES string of the molecule is COc1ccc(C)cc1CCNCC=O. The lowest BCUT2D eigenvalue weighted by molar-refractivity contribution is -0.107. The zero-order chi connectivity index (χ0) is 11.1. The number of aldehydes is 1. The Morgan fingerprint density at radius 3 is 2.93 bits per heavy atom. The van der Waals surface area contributed by atoms with Crippen LogP contribution in [-0.4, -0.2) is 26.5 Å². The number of benzene rings is 1. The molecule has 0 bridgehead atoms. The molecule has 0 amide bonds. The van der Waals surface area contributed by atoms with Crippen molar-refractivity contribution in [3.8, 4) is 5.75 Å². The molecule has 3 nitrogen and oxygen atoms in total. The van der Waals surface area contributed by atoms with E-state index in [1.807, 2.05) is 12.1 Å². The molecule has 0 aliphatic heterocycles. The van der Waals surface area contributed by atoms with Crippen LogP contribution in [0.5, 0.6) is 5.75 Å². The monoisotopic (exact) mass is 207 g/mol. The summed E-state index contributed by atoms with van der Waals surface area (Å²) in [4.78, 5) is 10.1. The Morgan fingerprint density at radius 1 is 1.47 bits per heavy atom. The van der Waals surface area contributed by atoms with E-state index in [0.717, 1.165) is 25.0 Å². The zero-order valence-corrected chi connectivity index (χ0v) is 9.25. The van der Waals surface area contributed by atoms with Crippen LogP contribution in [0.3, 0.4) is 0 Å². The topological polar surface area (TPSA) is 38.3 Å². The molecule has 82 valence electrons. The van der Waals surface area contributed by atoms with Crippen molar-refractivity contribution in [2.24, 2.45) is 0 Å². The van der Waals surface area contributed by atoms with Gasteiger partial charge in [0.1, 0.15) is 12.0 Å². The van der Waals surface area contributed by atoms with Gasteiger partial charge >= 0.3 is 0 Å². The predicted molar refractivity (Wildman–Crippen MR) is 60.4 cm³/mol. The molecule has 0 atom stereocenters. The molecule has 0 saturated carbocycles. The van der Waals surface area contributed by atoms with Gasteiger partial charge in [0.15, 0.2) is 0 Å². The minimum Gasteiger partial charge on any atom is -0.496 e. The number of methoxy groups -OCH3 is 1. The first-order chi connectivity index (χ1) is 7.27. The Balaban J connectivity index is 2.57. The van der Waals surface area contributed by atoms with Crippen LogP contribution < -0.4 is 10.1 Å². The summed E-state index contributed by atoms with van der Waals surface area (Å²) in [5.41, 5.74) is 2.40. The minimum atomic E-state index is 0.411. The average molecular weight is 207 g/mol. The van der Waals surface area contributed by atoms with Gasteiger partial charge in [0, 0.05) is 0 Å². The molecule has 0 fully saturated rings. The number of carbonyl (C=O) groups excluding carboxylic acids is 1. The van der Waals surface area contributed by atoms with Crippen LogP contribution in [0.15, 0.2) is 18.2 Å². The molecule has 1 rings (SSSR count). The summed E-state index contributed by atoms with van der Waals surface area (Å²) in [6.45, 7) is 3.26. The molecular weight excluding hydrogens is 190 g/mol. The summed E-state index contributed by atoms with van der Waals surface area (Å²) in [6, 6.07) is 6.12. The number of rotatable bonds is 6. The molecule has 1 aromatic carbocycles. The van der Waals surface area contributed by atoms with Crippen molar-refractivity contribution < 1.29 is 9.53 Å². The van der Waals surface area contributed by atoms with E-state index in [1.165, 1.54) is 11.1 Å². The summed E-state index contributed by atoms with van der Waals surface area (Å²) < 4.78 is 5.26. The summed E-state index contributed by atoms with van der Waals surface area (Å²) in [6.07, 6.45) is 1.74. The second-order valence-corrected chi connectivity index (χ2v) is 3.44. The van der Waals surface area contributed by atoms with Crippen LogP contribution in [-0.2, 0) is 11.2 Å². The van der Waals surface area contributed by atoms with Gasteiger partial charge in [-0.1, -0.05) is 17.7 Å². The Kier molecular flexibility index (Phi) is 4.84. The Labute approximate surface area is 90.4 Å². The van der Waals surface area contributed by atoms with Crippen LogP contribution >= 0.6 is 0 Å².